The number of benzene rings is 1. The molecule has 0 aromatic heterocycles. The largest absolute Gasteiger partial charge is 0.478 e. The van der Waals surface area contributed by atoms with Gasteiger partial charge in [-0.15, -0.1) is 0 Å². The normalized spacial score (nSPS) is 12.6. The van der Waals surface area contributed by atoms with Crippen LogP contribution in [0.1, 0.15) is 19.4 Å². The summed E-state index contributed by atoms with van der Waals surface area (Å²) in [5.74, 6) is -1.04. The van der Waals surface area contributed by atoms with Crippen LogP contribution in [0.3, 0.4) is 0 Å². The summed E-state index contributed by atoms with van der Waals surface area (Å²) in [6.07, 6.45) is 1.12. The smallest absolute Gasteiger partial charge is 0.328 e. The van der Waals surface area contributed by atoms with Crippen molar-refractivity contribution in [3.8, 4) is 0 Å². The lowest BCUT2D eigenvalue weighted by Gasteiger charge is -2.26. The van der Waals surface area contributed by atoms with Crippen LogP contribution < -0.4 is 5.73 Å². The zero-order valence-electron chi connectivity index (χ0n) is 10.5. The van der Waals surface area contributed by atoms with Crippen LogP contribution in [0.5, 0.6) is 0 Å². The number of ether oxygens (including phenoxy) is 1. The molecule has 0 saturated heterocycles. The molecule has 0 amide bonds. The second kappa shape index (κ2) is 5.42. The van der Waals surface area contributed by atoms with Crippen molar-refractivity contribution in [1.29, 1.82) is 0 Å². The van der Waals surface area contributed by atoms with Gasteiger partial charge in [-0.05, 0) is 37.1 Å². The molecule has 0 radical (unpaired) electrons. The van der Waals surface area contributed by atoms with Crippen molar-refractivity contribution in [3.63, 3.8) is 0 Å². The van der Waals surface area contributed by atoms with Crippen LogP contribution in [0.4, 0.5) is 5.69 Å². The molecule has 0 saturated carbocycles. The Morgan fingerprint density at radius 2 is 2.11 bits per heavy atom. The number of hydrogen-bond acceptors (Lipinski definition) is 3. The van der Waals surface area contributed by atoms with Gasteiger partial charge in [0.05, 0.1) is 16.3 Å². The van der Waals surface area contributed by atoms with Crippen molar-refractivity contribution in [2.24, 2.45) is 0 Å². The number of rotatable bonds is 4. The summed E-state index contributed by atoms with van der Waals surface area (Å²) in [5, 5.41) is 9.37. The number of carboxylic acids is 1. The van der Waals surface area contributed by atoms with Crippen LogP contribution in [-0.2, 0) is 9.53 Å². The van der Waals surface area contributed by atoms with Crippen LogP contribution >= 0.6 is 11.6 Å². The zero-order valence-corrected chi connectivity index (χ0v) is 11.3. The van der Waals surface area contributed by atoms with Crippen molar-refractivity contribution >= 4 is 28.8 Å². The van der Waals surface area contributed by atoms with Crippen LogP contribution in [0.25, 0.3) is 5.57 Å². The van der Waals surface area contributed by atoms with E-state index in [1.54, 1.807) is 32.0 Å². The molecule has 18 heavy (non-hydrogen) atoms. The number of halogens is 1. The molecule has 1 aromatic rings. The number of aliphatic carboxylic acids is 1. The van der Waals surface area contributed by atoms with E-state index in [2.05, 4.69) is 0 Å². The van der Waals surface area contributed by atoms with Crippen molar-refractivity contribution in [2.45, 2.75) is 19.4 Å². The molecule has 0 unspecified atom stereocenters. The third-order valence-electron chi connectivity index (χ3n) is 2.73. The van der Waals surface area contributed by atoms with Crippen LogP contribution in [-0.4, -0.2) is 23.8 Å². The number of methoxy groups -OCH3 is 1. The molecular weight excluding hydrogens is 254 g/mol. The van der Waals surface area contributed by atoms with Crippen molar-refractivity contribution < 1.29 is 14.6 Å². The van der Waals surface area contributed by atoms with E-state index >= 15 is 0 Å². The van der Waals surface area contributed by atoms with Gasteiger partial charge in [0, 0.05) is 13.2 Å². The molecule has 0 fully saturated rings. The van der Waals surface area contributed by atoms with E-state index in [1.165, 1.54) is 7.11 Å². The molecule has 1 aromatic carbocycles. The Morgan fingerprint density at radius 3 is 2.56 bits per heavy atom. The third kappa shape index (κ3) is 3.24. The summed E-state index contributed by atoms with van der Waals surface area (Å²) in [6.45, 7) is 3.57. The van der Waals surface area contributed by atoms with Crippen molar-refractivity contribution in [3.05, 3.63) is 34.9 Å². The molecule has 1 rings (SSSR count). The highest BCUT2D eigenvalue weighted by Gasteiger charge is 2.25. The van der Waals surface area contributed by atoms with Crippen molar-refractivity contribution in [1.82, 2.24) is 0 Å². The predicted octanol–water partition coefficient (Wildman–Crippen LogP) is 2.82. The second-order valence-electron chi connectivity index (χ2n) is 4.35. The van der Waals surface area contributed by atoms with Gasteiger partial charge in [0.15, 0.2) is 0 Å². The Hall–Kier alpha value is -1.52. The first kappa shape index (κ1) is 14.5. The predicted molar refractivity (Wildman–Crippen MR) is 72.6 cm³/mol. The van der Waals surface area contributed by atoms with E-state index in [0.29, 0.717) is 21.8 Å². The molecule has 3 N–H and O–H groups in total. The minimum atomic E-state index is -1.04. The third-order valence-corrected chi connectivity index (χ3v) is 3.08. The molecule has 4 nitrogen and oxygen atoms in total. The highest BCUT2D eigenvalue weighted by atomic mass is 35.5. The molecule has 0 aliphatic rings. The summed E-state index contributed by atoms with van der Waals surface area (Å²) in [6, 6.07) is 4.99. The summed E-state index contributed by atoms with van der Waals surface area (Å²) in [7, 11) is 1.52. The molecule has 0 aliphatic carbocycles. The lowest BCUT2D eigenvalue weighted by atomic mass is 9.90. The van der Waals surface area contributed by atoms with E-state index in [-0.39, 0.29) is 0 Å². The minimum absolute atomic E-state index is 0.400. The first-order valence-corrected chi connectivity index (χ1v) is 5.71. The Balaban J connectivity index is 3.36. The van der Waals surface area contributed by atoms with Gasteiger partial charge in [0.1, 0.15) is 0 Å². The number of nitrogen functional groups attached to an aromatic ring is 1. The highest BCUT2D eigenvalue weighted by molar-refractivity contribution is 6.33. The van der Waals surface area contributed by atoms with Gasteiger partial charge in [-0.25, -0.2) is 4.79 Å². The zero-order chi connectivity index (χ0) is 13.9. The Bertz CT molecular complexity index is 495. The van der Waals surface area contributed by atoms with Crippen LogP contribution in [0.2, 0.25) is 5.02 Å². The minimum Gasteiger partial charge on any atom is -0.478 e. The van der Waals surface area contributed by atoms with Gasteiger partial charge in [0.25, 0.3) is 0 Å². The molecule has 0 atom stereocenters. The average Bonchev–Trinajstić information content (AvgIpc) is 2.29. The van der Waals surface area contributed by atoms with Gasteiger partial charge < -0.3 is 15.6 Å². The maximum Gasteiger partial charge on any atom is 0.328 e. The standard InChI is InChI=1S/C13H16ClNO3/c1-13(2,18-3)9(7-12(16)17)8-4-5-10(14)11(15)6-8/h4-7H,15H2,1-3H3,(H,16,17). The molecule has 0 heterocycles. The number of carbonyl (C=O) groups is 1. The van der Waals surface area contributed by atoms with E-state index in [4.69, 9.17) is 27.2 Å². The van der Waals surface area contributed by atoms with E-state index in [9.17, 15) is 4.79 Å². The van der Waals surface area contributed by atoms with E-state index < -0.39 is 11.6 Å². The topological polar surface area (TPSA) is 72.5 Å². The number of anilines is 1. The van der Waals surface area contributed by atoms with Crippen molar-refractivity contribution in [2.75, 3.05) is 12.8 Å². The average molecular weight is 270 g/mol. The first-order chi connectivity index (χ1) is 8.27. The monoisotopic (exact) mass is 269 g/mol. The van der Waals surface area contributed by atoms with Gasteiger partial charge >= 0.3 is 5.97 Å². The molecule has 0 spiro atoms. The summed E-state index contributed by atoms with van der Waals surface area (Å²) in [4.78, 5) is 10.9. The maximum absolute atomic E-state index is 10.9. The molecule has 98 valence electrons. The summed E-state index contributed by atoms with van der Waals surface area (Å²) >= 11 is 5.85. The fraction of sp³-hybridized carbons (Fsp3) is 0.308. The number of carboxylic acid groups (broad SMARTS) is 1. The number of nitrogens with two attached hydrogens (primary N) is 1. The fourth-order valence-corrected chi connectivity index (χ4v) is 1.67. The van der Waals surface area contributed by atoms with Crippen LogP contribution in [0, 0.1) is 0 Å². The lowest BCUT2D eigenvalue weighted by molar-refractivity contribution is -0.131. The molecular formula is C13H16ClNO3. The molecule has 0 bridgehead atoms. The molecule has 5 heteroatoms. The summed E-state index contributed by atoms with van der Waals surface area (Å²) < 4.78 is 5.32. The Morgan fingerprint density at radius 1 is 1.50 bits per heavy atom. The van der Waals surface area contributed by atoms with E-state index in [0.717, 1.165) is 6.08 Å². The van der Waals surface area contributed by atoms with Gasteiger partial charge in [-0.2, -0.15) is 0 Å². The first-order valence-electron chi connectivity index (χ1n) is 5.33. The summed E-state index contributed by atoms with van der Waals surface area (Å²) in [5.41, 5.74) is 6.59. The van der Waals surface area contributed by atoms with Gasteiger partial charge in [0.2, 0.25) is 0 Å². The second-order valence-corrected chi connectivity index (χ2v) is 4.75. The van der Waals surface area contributed by atoms with Gasteiger partial charge in [-0.1, -0.05) is 17.7 Å². The van der Waals surface area contributed by atoms with Crippen LogP contribution in [0.15, 0.2) is 24.3 Å². The number of hydrogen-bond donors (Lipinski definition) is 2. The fourth-order valence-electron chi connectivity index (χ4n) is 1.55. The maximum atomic E-state index is 10.9. The van der Waals surface area contributed by atoms with E-state index in [1.807, 2.05) is 0 Å². The Kier molecular flexibility index (Phi) is 4.38. The lowest BCUT2D eigenvalue weighted by Crippen LogP contribution is -2.25. The SMILES string of the molecule is COC(C)(C)C(=CC(=O)O)c1ccc(Cl)c(N)c1. The Labute approximate surface area is 111 Å². The quantitative estimate of drug-likeness (QED) is 0.651. The highest BCUT2D eigenvalue weighted by Crippen LogP contribution is 2.32. The van der Waals surface area contributed by atoms with Gasteiger partial charge in [-0.3, -0.25) is 0 Å². The molecule has 0 aliphatic heterocycles.